The van der Waals surface area contributed by atoms with Crippen molar-refractivity contribution in [2.75, 3.05) is 7.11 Å². The molecule has 0 radical (unpaired) electrons. The van der Waals surface area contributed by atoms with Gasteiger partial charge in [0.05, 0.1) is 7.11 Å². The summed E-state index contributed by atoms with van der Waals surface area (Å²) < 4.78 is 11.2. The van der Waals surface area contributed by atoms with Crippen LogP contribution in [0.5, 0.6) is 5.75 Å². The minimum Gasteiger partial charge on any atom is -0.497 e. The number of ether oxygens (including phenoxy) is 1. The first-order valence-corrected chi connectivity index (χ1v) is 9.29. The van der Waals surface area contributed by atoms with Crippen LogP contribution in [0.15, 0.2) is 28.7 Å². The normalized spacial score (nSPS) is 34.5. The van der Waals surface area contributed by atoms with Crippen LogP contribution in [0.25, 0.3) is 11.0 Å². The third kappa shape index (κ3) is 2.06. The first kappa shape index (κ1) is 14.6. The molecular weight excluding hydrogens is 300 g/mol. The van der Waals surface area contributed by atoms with Gasteiger partial charge in [-0.25, -0.2) is 0 Å². The Morgan fingerprint density at radius 2 is 2.08 bits per heavy atom. The van der Waals surface area contributed by atoms with Gasteiger partial charge >= 0.3 is 0 Å². The SMILES string of the molecule is COc1ccc2cc(C(=O)C34CCCC5CC(CC5C3)C4)oc2c1. The molecule has 0 N–H and O–H groups in total. The van der Waals surface area contributed by atoms with Gasteiger partial charge in [-0.3, -0.25) is 4.79 Å². The predicted octanol–water partition coefficient (Wildman–Crippen LogP) is 5.23. The van der Waals surface area contributed by atoms with Crippen molar-refractivity contribution < 1.29 is 13.9 Å². The molecule has 0 saturated heterocycles. The van der Waals surface area contributed by atoms with E-state index in [1.807, 2.05) is 24.3 Å². The van der Waals surface area contributed by atoms with E-state index in [1.165, 1.54) is 25.7 Å². The minimum atomic E-state index is -0.156. The fraction of sp³-hybridized carbons (Fsp3) is 0.571. The van der Waals surface area contributed by atoms with Crippen LogP contribution in [0, 0.1) is 23.2 Å². The van der Waals surface area contributed by atoms with E-state index in [9.17, 15) is 4.79 Å². The highest BCUT2D eigenvalue weighted by atomic mass is 16.5. The van der Waals surface area contributed by atoms with E-state index < -0.39 is 0 Å². The van der Waals surface area contributed by atoms with Crippen LogP contribution >= 0.6 is 0 Å². The summed E-state index contributed by atoms with van der Waals surface area (Å²) in [6.45, 7) is 0. The molecule has 3 bridgehead atoms. The number of benzene rings is 1. The zero-order chi connectivity index (χ0) is 16.3. The zero-order valence-electron chi connectivity index (χ0n) is 14.2. The van der Waals surface area contributed by atoms with Crippen molar-refractivity contribution in [3.63, 3.8) is 0 Å². The van der Waals surface area contributed by atoms with Gasteiger partial charge in [0, 0.05) is 16.9 Å². The maximum Gasteiger partial charge on any atom is 0.204 e. The molecule has 126 valence electrons. The van der Waals surface area contributed by atoms with Crippen molar-refractivity contribution in [2.45, 2.75) is 44.9 Å². The Labute approximate surface area is 142 Å². The summed E-state index contributed by atoms with van der Waals surface area (Å²) in [6.07, 6.45) is 8.47. The molecule has 3 saturated carbocycles. The first-order chi connectivity index (χ1) is 11.7. The van der Waals surface area contributed by atoms with Gasteiger partial charge in [-0.2, -0.15) is 0 Å². The standard InChI is InChI=1S/C21H24O3/c1-23-17-5-4-15-9-19(24-18(15)10-17)20(22)21-6-2-3-14-7-13(11-21)8-16(14)12-21/h4-5,9-10,13-14,16H,2-3,6-8,11-12H2,1H3. The van der Waals surface area contributed by atoms with Gasteiger partial charge in [0.25, 0.3) is 0 Å². The summed E-state index contributed by atoms with van der Waals surface area (Å²) >= 11 is 0. The maximum absolute atomic E-state index is 13.4. The molecule has 1 heterocycles. The molecule has 0 aliphatic heterocycles. The summed E-state index contributed by atoms with van der Waals surface area (Å²) in [7, 11) is 1.65. The average Bonchev–Trinajstić information content (AvgIpc) is 3.10. The van der Waals surface area contributed by atoms with Gasteiger partial charge in [-0.05, 0) is 68.1 Å². The lowest BCUT2D eigenvalue weighted by molar-refractivity contribution is 0.0582. The first-order valence-electron chi connectivity index (χ1n) is 9.29. The average molecular weight is 324 g/mol. The van der Waals surface area contributed by atoms with E-state index in [4.69, 9.17) is 9.15 Å². The number of fused-ring (bicyclic) bond motifs is 3. The van der Waals surface area contributed by atoms with Crippen LogP contribution in [0.2, 0.25) is 0 Å². The largest absolute Gasteiger partial charge is 0.497 e. The Morgan fingerprint density at radius 1 is 1.21 bits per heavy atom. The summed E-state index contributed by atoms with van der Waals surface area (Å²) in [5, 5.41) is 0.987. The summed E-state index contributed by atoms with van der Waals surface area (Å²) in [4.78, 5) is 13.4. The molecule has 0 amide bonds. The van der Waals surface area contributed by atoms with Gasteiger partial charge in [0.1, 0.15) is 11.3 Å². The number of ketones is 1. The highest BCUT2D eigenvalue weighted by Gasteiger charge is 2.53. The Kier molecular flexibility index (Phi) is 3.10. The summed E-state index contributed by atoms with van der Waals surface area (Å²) in [5.41, 5.74) is 0.593. The molecule has 3 aliphatic rings. The van der Waals surface area contributed by atoms with E-state index >= 15 is 0 Å². The summed E-state index contributed by atoms with van der Waals surface area (Å²) in [6, 6.07) is 7.70. The number of carbonyl (C=O) groups excluding carboxylic acids is 1. The van der Waals surface area contributed by atoms with Crippen molar-refractivity contribution in [3.05, 3.63) is 30.0 Å². The molecule has 4 atom stereocenters. The Hall–Kier alpha value is -1.77. The van der Waals surface area contributed by atoms with E-state index in [1.54, 1.807) is 7.11 Å². The third-order valence-electron chi connectivity index (χ3n) is 6.93. The number of hydrogen-bond donors (Lipinski definition) is 0. The number of rotatable bonds is 3. The maximum atomic E-state index is 13.4. The second-order valence-corrected chi connectivity index (χ2v) is 8.28. The molecule has 3 heteroatoms. The van der Waals surface area contributed by atoms with Gasteiger partial charge in [-0.1, -0.05) is 12.8 Å². The molecule has 0 spiro atoms. The molecule has 5 rings (SSSR count). The lowest BCUT2D eigenvalue weighted by Crippen LogP contribution is -2.36. The molecule has 4 unspecified atom stereocenters. The Balaban J connectivity index is 1.53. The van der Waals surface area contributed by atoms with Crippen LogP contribution in [-0.4, -0.2) is 12.9 Å². The topological polar surface area (TPSA) is 39.4 Å². The molecule has 24 heavy (non-hydrogen) atoms. The van der Waals surface area contributed by atoms with Gasteiger partial charge in [0.2, 0.25) is 5.78 Å². The molecule has 1 aromatic heterocycles. The van der Waals surface area contributed by atoms with Crippen LogP contribution in [-0.2, 0) is 0 Å². The molecule has 2 aromatic rings. The van der Waals surface area contributed by atoms with Gasteiger partial charge in [-0.15, -0.1) is 0 Å². The van der Waals surface area contributed by atoms with E-state index in [0.717, 1.165) is 53.7 Å². The zero-order valence-corrected chi connectivity index (χ0v) is 14.2. The van der Waals surface area contributed by atoms with Crippen molar-refractivity contribution in [2.24, 2.45) is 23.2 Å². The van der Waals surface area contributed by atoms with Crippen molar-refractivity contribution in [1.29, 1.82) is 0 Å². The third-order valence-corrected chi connectivity index (χ3v) is 6.93. The van der Waals surface area contributed by atoms with Gasteiger partial charge in [0.15, 0.2) is 5.76 Å². The van der Waals surface area contributed by atoms with Gasteiger partial charge < -0.3 is 9.15 Å². The molecule has 3 fully saturated rings. The van der Waals surface area contributed by atoms with E-state index in [2.05, 4.69) is 0 Å². The molecule has 1 aromatic carbocycles. The highest BCUT2D eigenvalue weighted by Crippen LogP contribution is 2.59. The lowest BCUT2D eigenvalue weighted by atomic mass is 9.64. The Morgan fingerprint density at radius 3 is 2.96 bits per heavy atom. The molecule has 3 nitrogen and oxygen atoms in total. The monoisotopic (exact) mass is 324 g/mol. The number of methoxy groups -OCH3 is 1. The molecular formula is C21H24O3. The predicted molar refractivity (Wildman–Crippen MR) is 92.3 cm³/mol. The lowest BCUT2D eigenvalue weighted by Gasteiger charge is -2.38. The van der Waals surface area contributed by atoms with Crippen molar-refractivity contribution in [1.82, 2.24) is 0 Å². The number of Topliss-reactive ketones (excluding diaryl/α,β-unsaturated/α-hetero) is 1. The second kappa shape index (κ2) is 5.11. The minimum absolute atomic E-state index is 0.156. The fourth-order valence-electron chi connectivity index (χ4n) is 5.96. The number of hydrogen-bond acceptors (Lipinski definition) is 3. The van der Waals surface area contributed by atoms with Crippen LogP contribution < -0.4 is 4.74 Å². The van der Waals surface area contributed by atoms with Crippen LogP contribution in [0.1, 0.15) is 55.5 Å². The van der Waals surface area contributed by atoms with Crippen molar-refractivity contribution >= 4 is 16.8 Å². The molecule has 3 aliphatic carbocycles. The van der Waals surface area contributed by atoms with Crippen LogP contribution in [0.4, 0.5) is 0 Å². The number of furan rings is 1. The number of carbonyl (C=O) groups is 1. The highest BCUT2D eigenvalue weighted by molar-refractivity contribution is 6.01. The fourth-order valence-corrected chi connectivity index (χ4v) is 5.96. The smallest absolute Gasteiger partial charge is 0.204 e. The van der Waals surface area contributed by atoms with Crippen LogP contribution in [0.3, 0.4) is 0 Å². The van der Waals surface area contributed by atoms with E-state index in [0.29, 0.717) is 5.76 Å². The summed E-state index contributed by atoms with van der Waals surface area (Å²) in [5.74, 6) is 4.00. The quantitative estimate of drug-likeness (QED) is 0.726. The van der Waals surface area contributed by atoms with E-state index in [-0.39, 0.29) is 11.2 Å². The second-order valence-electron chi connectivity index (χ2n) is 8.28. The van der Waals surface area contributed by atoms with Crippen molar-refractivity contribution in [3.8, 4) is 5.75 Å². The Bertz CT molecular complexity index is 805.